The van der Waals surface area contributed by atoms with Gasteiger partial charge in [0.05, 0.1) is 6.07 Å². The highest BCUT2D eigenvalue weighted by molar-refractivity contribution is 8.04. The van der Waals surface area contributed by atoms with Crippen molar-refractivity contribution >= 4 is 11.8 Å². The van der Waals surface area contributed by atoms with E-state index < -0.39 is 0 Å². The van der Waals surface area contributed by atoms with Crippen LogP contribution in [0.1, 0.15) is 10.8 Å². The van der Waals surface area contributed by atoms with Gasteiger partial charge in [0, 0.05) is 0 Å². The van der Waals surface area contributed by atoms with Gasteiger partial charge in [0.25, 0.3) is 0 Å². The Bertz CT molecular complexity index is 321. The molecule has 0 fully saturated rings. The quantitative estimate of drug-likeness (QED) is 0.647. The van der Waals surface area contributed by atoms with Gasteiger partial charge in [0.15, 0.2) is 0 Å². The first-order valence-corrected chi connectivity index (χ1v) is 4.25. The van der Waals surface area contributed by atoms with Gasteiger partial charge in [-0.05, 0) is 17.3 Å². The summed E-state index contributed by atoms with van der Waals surface area (Å²) in [5.41, 5.74) is 0.881. The highest BCUT2D eigenvalue weighted by Crippen LogP contribution is 2.26. The monoisotopic (exact) mass is 174 g/mol. The third-order valence-corrected chi connectivity index (χ3v) is 2.11. The second-order valence-electron chi connectivity index (χ2n) is 2.13. The standard InChI is InChI=1S/C9H6N2S/c10-6-9(12-7-11)8-4-2-1-3-5-8/h1-5,9H. The van der Waals surface area contributed by atoms with Crippen LogP contribution in [0, 0.1) is 22.0 Å². The SMILES string of the molecule is N#CSC(C#N)c1ccccc1. The fraction of sp³-hybridized carbons (Fsp3) is 0.111. The highest BCUT2D eigenvalue weighted by Gasteiger charge is 2.08. The van der Waals surface area contributed by atoms with E-state index in [9.17, 15) is 0 Å². The number of nitrogens with zero attached hydrogens (tertiary/aromatic N) is 2. The van der Waals surface area contributed by atoms with Crippen LogP contribution < -0.4 is 0 Å². The maximum absolute atomic E-state index is 8.69. The Kier molecular flexibility index (Phi) is 3.19. The van der Waals surface area contributed by atoms with E-state index in [0.717, 1.165) is 17.3 Å². The van der Waals surface area contributed by atoms with Crippen molar-refractivity contribution in [2.75, 3.05) is 0 Å². The molecule has 0 saturated carbocycles. The average Bonchev–Trinajstić information content (AvgIpc) is 2.15. The highest BCUT2D eigenvalue weighted by atomic mass is 32.2. The summed E-state index contributed by atoms with van der Waals surface area (Å²) < 4.78 is 0. The van der Waals surface area contributed by atoms with Gasteiger partial charge in [0.2, 0.25) is 0 Å². The average molecular weight is 174 g/mol. The zero-order valence-corrected chi connectivity index (χ0v) is 7.08. The predicted octanol–water partition coefficient (Wildman–Crippen LogP) is 2.47. The molecule has 1 atom stereocenters. The van der Waals surface area contributed by atoms with Gasteiger partial charge in [-0.1, -0.05) is 30.3 Å². The molecular weight excluding hydrogens is 168 g/mol. The molecule has 0 radical (unpaired) electrons. The summed E-state index contributed by atoms with van der Waals surface area (Å²) in [6.07, 6.45) is 0. The Hall–Kier alpha value is -1.45. The first-order chi connectivity index (χ1) is 5.88. The lowest BCUT2D eigenvalue weighted by atomic mass is 10.2. The summed E-state index contributed by atoms with van der Waals surface area (Å²) in [6.45, 7) is 0. The first kappa shape index (κ1) is 8.64. The molecule has 2 nitrogen and oxygen atoms in total. The molecule has 0 amide bonds. The molecule has 0 aliphatic carbocycles. The van der Waals surface area contributed by atoms with Crippen molar-refractivity contribution in [1.29, 1.82) is 10.5 Å². The smallest absolute Gasteiger partial charge is 0.135 e. The number of thiocyanates is 1. The van der Waals surface area contributed by atoms with Crippen molar-refractivity contribution in [2.24, 2.45) is 0 Å². The number of benzene rings is 1. The Balaban J connectivity index is 2.84. The summed E-state index contributed by atoms with van der Waals surface area (Å²) in [7, 11) is 0. The van der Waals surface area contributed by atoms with Crippen LogP contribution in [0.5, 0.6) is 0 Å². The fourth-order valence-electron chi connectivity index (χ4n) is 0.849. The minimum atomic E-state index is -0.365. The van der Waals surface area contributed by atoms with Crippen LogP contribution >= 0.6 is 11.8 Å². The molecule has 12 heavy (non-hydrogen) atoms. The number of nitriles is 2. The molecule has 0 saturated heterocycles. The zero-order valence-electron chi connectivity index (χ0n) is 6.27. The molecule has 58 valence electrons. The maximum atomic E-state index is 8.69. The van der Waals surface area contributed by atoms with E-state index in [1.165, 1.54) is 0 Å². The molecule has 0 aromatic heterocycles. The van der Waals surface area contributed by atoms with Gasteiger partial charge in [-0.2, -0.15) is 10.5 Å². The number of thioether (sulfide) groups is 1. The van der Waals surface area contributed by atoms with Crippen molar-refractivity contribution < 1.29 is 0 Å². The topological polar surface area (TPSA) is 47.6 Å². The minimum absolute atomic E-state index is 0.365. The summed E-state index contributed by atoms with van der Waals surface area (Å²) in [6, 6.07) is 11.4. The van der Waals surface area contributed by atoms with Gasteiger partial charge in [-0.15, -0.1) is 0 Å². The number of hydrogen-bond acceptors (Lipinski definition) is 3. The Labute approximate surface area is 75.4 Å². The van der Waals surface area contributed by atoms with E-state index in [4.69, 9.17) is 10.5 Å². The van der Waals surface area contributed by atoms with E-state index in [-0.39, 0.29) is 5.25 Å². The van der Waals surface area contributed by atoms with Crippen LogP contribution in [0.3, 0.4) is 0 Å². The molecule has 0 spiro atoms. The lowest BCUT2D eigenvalue weighted by Gasteiger charge is -2.01. The van der Waals surface area contributed by atoms with Crippen LogP contribution in [0.4, 0.5) is 0 Å². The van der Waals surface area contributed by atoms with E-state index >= 15 is 0 Å². The zero-order chi connectivity index (χ0) is 8.81. The van der Waals surface area contributed by atoms with Gasteiger partial charge in [-0.25, -0.2) is 0 Å². The summed E-state index contributed by atoms with van der Waals surface area (Å²) in [5.74, 6) is 0. The molecular formula is C9H6N2S. The van der Waals surface area contributed by atoms with E-state index in [1.54, 1.807) is 0 Å². The van der Waals surface area contributed by atoms with Crippen molar-refractivity contribution in [3.63, 3.8) is 0 Å². The largest absolute Gasteiger partial charge is 0.197 e. The second kappa shape index (κ2) is 4.43. The van der Waals surface area contributed by atoms with E-state index in [0.29, 0.717) is 0 Å². The first-order valence-electron chi connectivity index (χ1n) is 3.38. The lowest BCUT2D eigenvalue weighted by molar-refractivity contribution is 1.23. The van der Waals surface area contributed by atoms with Gasteiger partial charge >= 0.3 is 0 Å². The minimum Gasteiger partial charge on any atom is -0.197 e. The molecule has 0 bridgehead atoms. The molecule has 1 unspecified atom stereocenters. The van der Waals surface area contributed by atoms with Gasteiger partial charge in [0.1, 0.15) is 10.7 Å². The normalized spacial score (nSPS) is 11.2. The Morgan fingerprint density at radius 2 is 1.83 bits per heavy atom. The second-order valence-corrected chi connectivity index (χ2v) is 3.02. The molecule has 1 aromatic carbocycles. The van der Waals surface area contributed by atoms with Crippen molar-refractivity contribution in [2.45, 2.75) is 5.25 Å². The van der Waals surface area contributed by atoms with Crippen LogP contribution in [0.15, 0.2) is 30.3 Å². The van der Waals surface area contributed by atoms with Crippen molar-refractivity contribution in [3.8, 4) is 11.5 Å². The molecule has 0 N–H and O–H groups in total. The molecule has 3 heteroatoms. The Morgan fingerprint density at radius 3 is 2.33 bits per heavy atom. The van der Waals surface area contributed by atoms with Crippen molar-refractivity contribution in [3.05, 3.63) is 35.9 Å². The predicted molar refractivity (Wildman–Crippen MR) is 48.0 cm³/mol. The summed E-state index contributed by atoms with van der Waals surface area (Å²) in [5, 5.41) is 18.6. The third kappa shape index (κ3) is 2.02. The van der Waals surface area contributed by atoms with Crippen LogP contribution in [0.25, 0.3) is 0 Å². The molecule has 0 aliphatic heterocycles. The molecule has 0 heterocycles. The third-order valence-electron chi connectivity index (χ3n) is 1.39. The van der Waals surface area contributed by atoms with Crippen LogP contribution in [-0.4, -0.2) is 0 Å². The Morgan fingerprint density at radius 1 is 1.17 bits per heavy atom. The lowest BCUT2D eigenvalue weighted by Crippen LogP contribution is -1.87. The maximum Gasteiger partial charge on any atom is 0.135 e. The fourth-order valence-corrected chi connectivity index (χ4v) is 1.30. The van der Waals surface area contributed by atoms with Crippen LogP contribution in [0.2, 0.25) is 0 Å². The number of rotatable bonds is 2. The van der Waals surface area contributed by atoms with Gasteiger partial charge in [-0.3, -0.25) is 0 Å². The summed E-state index contributed by atoms with van der Waals surface area (Å²) in [4.78, 5) is 0. The molecule has 1 rings (SSSR count). The number of hydrogen-bond donors (Lipinski definition) is 0. The molecule has 1 aromatic rings. The van der Waals surface area contributed by atoms with Crippen molar-refractivity contribution in [1.82, 2.24) is 0 Å². The van der Waals surface area contributed by atoms with E-state index in [2.05, 4.69) is 6.07 Å². The van der Waals surface area contributed by atoms with Crippen LogP contribution in [-0.2, 0) is 0 Å². The van der Waals surface area contributed by atoms with E-state index in [1.807, 2.05) is 35.7 Å². The molecule has 0 aliphatic rings. The van der Waals surface area contributed by atoms with Gasteiger partial charge < -0.3 is 0 Å². The summed E-state index contributed by atoms with van der Waals surface area (Å²) >= 11 is 0.974.